The Morgan fingerprint density at radius 3 is 2.59 bits per heavy atom. The van der Waals surface area contributed by atoms with Crippen molar-refractivity contribution in [2.45, 2.75) is 71.7 Å². The van der Waals surface area contributed by atoms with E-state index >= 15 is 0 Å². The van der Waals surface area contributed by atoms with Gasteiger partial charge in [-0.25, -0.2) is 0 Å². The summed E-state index contributed by atoms with van der Waals surface area (Å²) < 4.78 is 12.9. The molecular formula is C28H39N3O3. The Labute approximate surface area is 203 Å². The number of carbonyl (C=O) groups is 1. The molecule has 0 N–H and O–H groups in total. The number of allylic oxidation sites excluding steroid dienone is 2. The van der Waals surface area contributed by atoms with E-state index in [1.54, 1.807) is 7.11 Å². The molecule has 34 heavy (non-hydrogen) atoms. The number of ether oxygens (including phenoxy) is 2. The number of aliphatic imine (C=N–C) groups is 1. The fraction of sp³-hybridized carbons (Fsp3) is 0.500. The molecule has 0 radical (unpaired) electrons. The number of unbranched alkanes of at least 4 members (excludes halogenated alkanes) is 1. The highest BCUT2D eigenvalue weighted by Crippen LogP contribution is 2.38. The smallest absolute Gasteiger partial charge is 0.302 e. The van der Waals surface area contributed by atoms with Gasteiger partial charge in [0.05, 0.1) is 23.4 Å². The average Bonchev–Trinajstić information content (AvgIpc) is 3.10. The van der Waals surface area contributed by atoms with E-state index < -0.39 is 0 Å². The minimum Gasteiger partial charge on any atom is -0.462 e. The van der Waals surface area contributed by atoms with Gasteiger partial charge >= 0.3 is 5.97 Å². The predicted molar refractivity (Wildman–Crippen MR) is 139 cm³/mol. The molecule has 1 atom stereocenters. The van der Waals surface area contributed by atoms with Crippen molar-refractivity contribution < 1.29 is 14.3 Å². The first-order valence-electron chi connectivity index (χ1n) is 12.1. The standard InChI is InChI=1S/C28H39N3O3/c1-22(32)34-19-13-9-7-6-8-10-16-26-27-24(17-18-30(26)20-29-28(2,3)4)23-14-11-12-15-25(23)31(27)21-33-5/h8-15,20,26H,6-7,16-19,21H2,1-5H3/b10-8+,13-9+,29-20?. The maximum absolute atomic E-state index is 10.8. The lowest BCUT2D eigenvalue weighted by Crippen LogP contribution is -2.36. The molecule has 1 aliphatic heterocycles. The molecule has 1 aliphatic rings. The summed E-state index contributed by atoms with van der Waals surface area (Å²) in [5.41, 5.74) is 3.88. The number of esters is 1. The molecule has 2 heterocycles. The molecule has 1 aromatic carbocycles. The number of nitrogens with zero attached hydrogens (tertiary/aromatic N) is 3. The molecule has 6 heteroatoms. The summed E-state index contributed by atoms with van der Waals surface area (Å²) in [6, 6.07) is 8.84. The van der Waals surface area contributed by atoms with Crippen molar-refractivity contribution in [3.63, 3.8) is 0 Å². The molecule has 3 rings (SSSR count). The molecule has 0 fully saturated rings. The van der Waals surface area contributed by atoms with Crippen molar-refractivity contribution >= 4 is 23.2 Å². The second-order valence-electron chi connectivity index (χ2n) is 9.70. The third kappa shape index (κ3) is 6.83. The van der Waals surface area contributed by atoms with Crippen LogP contribution in [0.4, 0.5) is 0 Å². The Morgan fingerprint density at radius 1 is 1.15 bits per heavy atom. The van der Waals surface area contributed by atoms with Gasteiger partial charge in [0.1, 0.15) is 13.3 Å². The van der Waals surface area contributed by atoms with Crippen LogP contribution in [0.25, 0.3) is 10.9 Å². The van der Waals surface area contributed by atoms with Crippen LogP contribution in [0.2, 0.25) is 0 Å². The fourth-order valence-corrected chi connectivity index (χ4v) is 4.38. The van der Waals surface area contributed by atoms with Gasteiger partial charge in [0.15, 0.2) is 0 Å². The summed E-state index contributed by atoms with van der Waals surface area (Å²) >= 11 is 0. The number of fused-ring (bicyclic) bond motifs is 3. The lowest BCUT2D eigenvalue weighted by Gasteiger charge is -2.36. The topological polar surface area (TPSA) is 56.1 Å². The second-order valence-corrected chi connectivity index (χ2v) is 9.70. The zero-order chi connectivity index (χ0) is 24.6. The van der Waals surface area contributed by atoms with E-state index in [-0.39, 0.29) is 17.6 Å². The van der Waals surface area contributed by atoms with E-state index in [2.05, 4.69) is 72.7 Å². The van der Waals surface area contributed by atoms with Crippen LogP contribution in [0.15, 0.2) is 53.6 Å². The van der Waals surface area contributed by atoms with Crippen LogP contribution in [0.5, 0.6) is 0 Å². The Balaban J connectivity index is 1.81. The SMILES string of the molecule is COCn1c2c(c3ccccc31)CCN(C=NC(C)(C)C)C2C/C=C/CC/C=C/COC(C)=O. The minimum atomic E-state index is -0.248. The van der Waals surface area contributed by atoms with Gasteiger partial charge in [-0.1, -0.05) is 42.5 Å². The van der Waals surface area contributed by atoms with Gasteiger partial charge in [-0.05, 0) is 58.1 Å². The molecule has 6 nitrogen and oxygen atoms in total. The first-order valence-corrected chi connectivity index (χ1v) is 12.1. The monoisotopic (exact) mass is 465 g/mol. The number of hydrogen-bond acceptors (Lipinski definition) is 4. The third-order valence-electron chi connectivity index (χ3n) is 5.88. The maximum Gasteiger partial charge on any atom is 0.302 e. The molecule has 0 bridgehead atoms. The van der Waals surface area contributed by atoms with Gasteiger partial charge in [-0.3, -0.25) is 9.79 Å². The van der Waals surface area contributed by atoms with Crippen molar-refractivity contribution in [3.05, 3.63) is 59.8 Å². The fourth-order valence-electron chi connectivity index (χ4n) is 4.38. The zero-order valence-corrected chi connectivity index (χ0v) is 21.3. The van der Waals surface area contributed by atoms with Crippen molar-refractivity contribution in [1.29, 1.82) is 0 Å². The van der Waals surface area contributed by atoms with E-state index in [9.17, 15) is 4.79 Å². The highest BCUT2D eigenvalue weighted by molar-refractivity contribution is 5.86. The maximum atomic E-state index is 10.8. The average molecular weight is 466 g/mol. The Bertz CT molecular complexity index is 1040. The number of hydrogen-bond donors (Lipinski definition) is 0. The number of aromatic nitrogens is 1. The molecule has 2 aromatic rings. The van der Waals surface area contributed by atoms with Crippen LogP contribution in [-0.2, 0) is 27.4 Å². The molecule has 0 saturated carbocycles. The Hall–Kier alpha value is -2.86. The normalized spacial score (nSPS) is 16.9. The summed E-state index contributed by atoms with van der Waals surface area (Å²) in [6.07, 6.45) is 14.3. The number of para-hydroxylation sites is 1. The van der Waals surface area contributed by atoms with Crippen molar-refractivity contribution in [2.24, 2.45) is 4.99 Å². The quantitative estimate of drug-likeness (QED) is 0.146. The molecule has 0 saturated heterocycles. The number of methoxy groups -OCH3 is 1. The van der Waals surface area contributed by atoms with Gasteiger partial charge in [0, 0.05) is 31.7 Å². The third-order valence-corrected chi connectivity index (χ3v) is 5.88. The molecule has 1 unspecified atom stereocenters. The zero-order valence-electron chi connectivity index (χ0n) is 21.3. The highest BCUT2D eigenvalue weighted by Gasteiger charge is 2.31. The summed E-state index contributed by atoms with van der Waals surface area (Å²) in [6.45, 7) is 9.64. The van der Waals surface area contributed by atoms with Crippen LogP contribution < -0.4 is 0 Å². The lowest BCUT2D eigenvalue weighted by atomic mass is 9.95. The Morgan fingerprint density at radius 2 is 1.88 bits per heavy atom. The van der Waals surface area contributed by atoms with Crippen LogP contribution >= 0.6 is 0 Å². The number of carbonyl (C=O) groups excluding carboxylic acids is 1. The predicted octanol–water partition coefficient (Wildman–Crippen LogP) is 5.82. The second kappa shape index (κ2) is 12.0. The molecular weight excluding hydrogens is 426 g/mol. The van der Waals surface area contributed by atoms with Crippen molar-refractivity contribution in [3.8, 4) is 0 Å². The van der Waals surface area contributed by atoms with Gasteiger partial charge in [-0.2, -0.15) is 0 Å². The van der Waals surface area contributed by atoms with Gasteiger partial charge in [0.2, 0.25) is 0 Å². The van der Waals surface area contributed by atoms with Crippen molar-refractivity contribution in [1.82, 2.24) is 9.47 Å². The lowest BCUT2D eigenvalue weighted by molar-refractivity contribution is -0.139. The van der Waals surface area contributed by atoms with Crippen LogP contribution in [0.3, 0.4) is 0 Å². The van der Waals surface area contributed by atoms with E-state index in [1.165, 1.54) is 29.1 Å². The van der Waals surface area contributed by atoms with Crippen LogP contribution in [0, 0.1) is 0 Å². The molecule has 0 amide bonds. The van der Waals surface area contributed by atoms with Crippen LogP contribution in [0.1, 0.15) is 64.3 Å². The van der Waals surface area contributed by atoms with E-state index in [1.807, 2.05) is 12.4 Å². The summed E-state index contributed by atoms with van der Waals surface area (Å²) in [4.78, 5) is 18.0. The molecule has 184 valence electrons. The van der Waals surface area contributed by atoms with E-state index in [0.717, 1.165) is 32.2 Å². The number of rotatable bonds is 10. The van der Waals surface area contributed by atoms with Crippen molar-refractivity contribution in [2.75, 3.05) is 20.3 Å². The molecule has 0 spiro atoms. The van der Waals surface area contributed by atoms with Gasteiger partial charge in [-0.15, -0.1) is 0 Å². The largest absolute Gasteiger partial charge is 0.462 e. The summed E-state index contributed by atoms with van der Waals surface area (Å²) in [7, 11) is 1.76. The molecule has 1 aromatic heterocycles. The summed E-state index contributed by atoms with van der Waals surface area (Å²) in [5.74, 6) is -0.248. The van der Waals surface area contributed by atoms with Gasteiger partial charge in [0.25, 0.3) is 0 Å². The van der Waals surface area contributed by atoms with Gasteiger partial charge < -0.3 is 18.9 Å². The van der Waals surface area contributed by atoms with Crippen LogP contribution in [-0.4, -0.2) is 47.6 Å². The molecule has 0 aliphatic carbocycles. The first kappa shape index (κ1) is 25.8. The summed E-state index contributed by atoms with van der Waals surface area (Å²) in [5, 5.41) is 1.33. The highest BCUT2D eigenvalue weighted by atomic mass is 16.5. The van der Waals surface area contributed by atoms with E-state index in [4.69, 9.17) is 14.5 Å². The van der Waals surface area contributed by atoms with E-state index in [0.29, 0.717) is 13.3 Å². The minimum absolute atomic E-state index is 0.113. The Kier molecular flexibility index (Phi) is 9.11. The number of benzene rings is 1. The first-order chi connectivity index (χ1) is 16.3.